The van der Waals surface area contributed by atoms with Crippen molar-refractivity contribution in [2.24, 2.45) is 0 Å². The van der Waals surface area contributed by atoms with Gasteiger partial charge in [-0.3, -0.25) is 0 Å². The summed E-state index contributed by atoms with van der Waals surface area (Å²) in [6.07, 6.45) is 1.28. The van der Waals surface area contributed by atoms with Gasteiger partial charge in [0, 0.05) is 13.2 Å². The molecule has 2 aromatic rings. The van der Waals surface area contributed by atoms with Crippen LogP contribution in [0.5, 0.6) is 5.75 Å². The van der Waals surface area contributed by atoms with Gasteiger partial charge >= 0.3 is 5.97 Å². The van der Waals surface area contributed by atoms with Gasteiger partial charge in [-0.05, 0) is 12.1 Å². The van der Waals surface area contributed by atoms with Crippen LogP contribution in [0.3, 0.4) is 0 Å². The predicted octanol–water partition coefficient (Wildman–Crippen LogP) is 1.89. The molecule has 98 valence electrons. The highest BCUT2D eigenvalue weighted by Crippen LogP contribution is 2.27. The molecule has 0 bridgehead atoms. The Morgan fingerprint density at radius 1 is 1.37 bits per heavy atom. The molecule has 0 aliphatic heterocycles. The Balaban J connectivity index is 2.55. The number of carboxylic acids is 1. The van der Waals surface area contributed by atoms with Crippen LogP contribution in [0.15, 0.2) is 30.5 Å². The average Bonchev–Trinajstić information content (AvgIpc) is 2.46. The third kappa shape index (κ3) is 2.47. The first-order chi connectivity index (χ1) is 9.17. The Hall–Kier alpha value is -2.63. The van der Waals surface area contributed by atoms with Crippen LogP contribution in [-0.4, -0.2) is 35.2 Å². The maximum atomic E-state index is 11.0. The van der Waals surface area contributed by atoms with Gasteiger partial charge in [-0.1, -0.05) is 12.1 Å². The Labute approximate surface area is 110 Å². The minimum absolute atomic E-state index is 0.0288. The number of nitrogens with one attached hydrogen (secondary N) is 1. The topological polar surface area (TPSA) is 84.3 Å². The smallest absolute Gasteiger partial charge is 0.341 e. The molecule has 1 aromatic heterocycles. The quantitative estimate of drug-likeness (QED) is 0.872. The minimum Gasteiger partial charge on any atom is -0.496 e. The second kappa shape index (κ2) is 5.34. The molecule has 0 radical (unpaired) electrons. The number of para-hydroxylation sites is 1. The summed E-state index contributed by atoms with van der Waals surface area (Å²) >= 11 is 0. The van der Waals surface area contributed by atoms with Crippen LogP contribution < -0.4 is 10.1 Å². The molecule has 0 saturated carbocycles. The minimum atomic E-state index is -1.07. The first-order valence-corrected chi connectivity index (χ1v) is 5.59. The number of carboxylic acid groups (broad SMARTS) is 1. The second-order valence-electron chi connectivity index (χ2n) is 3.71. The van der Waals surface area contributed by atoms with Gasteiger partial charge in [0.15, 0.2) is 5.82 Å². The predicted molar refractivity (Wildman–Crippen MR) is 70.5 cm³/mol. The van der Waals surface area contributed by atoms with Crippen molar-refractivity contribution in [1.29, 1.82) is 0 Å². The van der Waals surface area contributed by atoms with E-state index in [0.717, 1.165) is 0 Å². The fourth-order valence-electron chi connectivity index (χ4n) is 1.69. The maximum Gasteiger partial charge on any atom is 0.341 e. The highest BCUT2D eigenvalue weighted by Gasteiger charge is 2.15. The molecule has 6 heteroatoms. The van der Waals surface area contributed by atoms with Crippen LogP contribution in [0.1, 0.15) is 10.4 Å². The zero-order valence-electron chi connectivity index (χ0n) is 10.5. The standard InChI is InChI=1S/C13H13N3O3/c1-14-11-9(13(17)18)7-15-12(16-11)8-5-3-4-6-10(8)19-2/h3-7H,1-2H3,(H,17,18)(H,14,15,16). The zero-order valence-corrected chi connectivity index (χ0v) is 10.5. The summed E-state index contributed by atoms with van der Waals surface area (Å²) in [5, 5.41) is 11.8. The Morgan fingerprint density at radius 2 is 2.11 bits per heavy atom. The van der Waals surface area contributed by atoms with Crippen LogP contribution in [0.25, 0.3) is 11.4 Å². The van der Waals surface area contributed by atoms with E-state index in [-0.39, 0.29) is 11.4 Å². The molecule has 0 aliphatic rings. The highest BCUT2D eigenvalue weighted by molar-refractivity contribution is 5.93. The Bertz CT molecular complexity index is 614. The summed E-state index contributed by atoms with van der Waals surface area (Å²) in [7, 11) is 3.17. The van der Waals surface area contributed by atoms with Gasteiger partial charge in [-0.2, -0.15) is 0 Å². The van der Waals surface area contributed by atoms with Crippen molar-refractivity contribution in [3.8, 4) is 17.1 Å². The molecule has 0 spiro atoms. The first-order valence-electron chi connectivity index (χ1n) is 5.59. The summed E-state index contributed by atoms with van der Waals surface area (Å²) in [4.78, 5) is 19.3. The van der Waals surface area contributed by atoms with Crippen molar-refractivity contribution < 1.29 is 14.6 Å². The molecule has 2 rings (SSSR count). The molecule has 6 nitrogen and oxygen atoms in total. The third-order valence-electron chi connectivity index (χ3n) is 2.60. The molecule has 0 atom stereocenters. The average molecular weight is 259 g/mol. The lowest BCUT2D eigenvalue weighted by atomic mass is 10.2. The van der Waals surface area contributed by atoms with E-state index in [9.17, 15) is 4.79 Å². The van der Waals surface area contributed by atoms with Crippen LogP contribution in [-0.2, 0) is 0 Å². The van der Waals surface area contributed by atoms with Crippen molar-refractivity contribution in [2.75, 3.05) is 19.5 Å². The number of carbonyl (C=O) groups is 1. The summed E-state index contributed by atoms with van der Waals surface area (Å²) in [5.74, 6) is 0.235. The molecule has 0 saturated heterocycles. The summed E-state index contributed by atoms with van der Waals surface area (Å²) in [6.45, 7) is 0. The number of aromatic carboxylic acids is 1. The van der Waals surface area contributed by atoms with Gasteiger partial charge in [0.25, 0.3) is 0 Å². The van der Waals surface area contributed by atoms with E-state index >= 15 is 0 Å². The summed E-state index contributed by atoms with van der Waals surface area (Å²) in [5.41, 5.74) is 0.736. The molecule has 0 aliphatic carbocycles. The first kappa shape index (κ1) is 12.8. The lowest BCUT2D eigenvalue weighted by Crippen LogP contribution is -2.07. The number of hydrogen-bond donors (Lipinski definition) is 2. The molecule has 2 N–H and O–H groups in total. The van der Waals surface area contributed by atoms with Gasteiger partial charge in [0.2, 0.25) is 0 Å². The molecule has 19 heavy (non-hydrogen) atoms. The van der Waals surface area contributed by atoms with Crippen molar-refractivity contribution in [2.45, 2.75) is 0 Å². The van der Waals surface area contributed by atoms with Gasteiger partial charge in [-0.15, -0.1) is 0 Å². The number of methoxy groups -OCH3 is 1. The lowest BCUT2D eigenvalue weighted by molar-refractivity contribution is 0.0697. The number of rotatable bonds is 4. The molecular formula is C13H13N3O3. The highest BCUT2D eigenvalue weighted by atomic mass is 16.5. The molecule has 0 fully saturated rings. The normalized spacial score (nSPS) is 10.0. The largest absolute Gasteiger partial charge is 0.496 e. The van der Waals surface area contributed by atoms with Crippen LogP contribution in [0, 0.1) is 0 Å². The number of hydrogen-bond acceptors (Lipinski definition) is 5. The molecule has 1 heterocycles. The van der Waals surface area contributed by atoms with Crippen molar-refractivity contribution >= 4 is 11.8 Å². The van der Waals surface area contributed by atoms with Crippen LogP contribution >= 0.6 is 0 Å². The number of nitrogens with zero attached hydrogens (tertiary/aromatic N) is 2. The van der Waals surface area contributed by atoms with Gasteiger partial charge < -0.3 is 15.2 Å². The Morgan fingerprint density at radius 3 is 2.74 bits per heavy atom. The molecule has 1 aromatic carbocycles. The number of anilines is 1. The molecule has 0 amide bonds. The maximum absolute atomic E-state index is 11.0. The van der Waals surface area contributed by atoms with Crippen LogP contribution in [0.2, 0.25) is 0 Å². The number of aromatic nitrogens is 2. The van der Waals surface area contributed by atoms with E-state index in [0.29, 0.717) is 17.1 Å². The summed E-state index contributed by atoms with van der Waals surface area (Å²) < 4.78 is 5.23. The van der Waals surface area contributed by atoms with Crippen molar-refractivity contribution in [3.05, 3.63) is 36.0 Å². The fourth-order valence-corrected chi connectivity index (χ4v) is 1.69. The molecule has 0 unspecified atom stereocenters. The summed E-state index contributed by atoms with van der Waals surface area (Å²) in [6, 6.07) is 7.29. The van der Waals surface area contributed by atoms with Gasteiger partial charge in [0.05, 0.1) is 12.7 Å². The molecular weight excluding hydrogens is 246 g/mol. The van der Waals surface area contributed by atoms with E-state index in [1.165, 1.54) is 6.20 Å². The van der Waals surface area contributed by atoms with E-state index in [4.69, 9.17) is 9.84 Å². The Kier molecular flexibility index (Phi) is 3.61. The number of ether oxygens (including phenoxy) is 1. The second-order valence-corrected chi connectivity index (χ2v) is 3.71. The van der Waals surface area contributed by atoms with Crippen molar-refractivity contribution in [1.82, 2.24) is 9.97 Å². The van der Waals surface area contributed by atoms with Crippen molar-refractivity contribution in [3.63, 3.8) is 0 Å². The van der Waals surface area contributed by atoms with Gasteiger partial charge in [-0.25, -0.2) is 14.8 Å². The van der Waals surface area contributed by atoms with Gasteiger partial charge in [0.1, 0.15) is 17.1 Å². The van der Waals surface area contributed by atoms with E-state index < -0.39 is 5.97 Å². The third-order valence-corrected chi connectivity index (χ3v) is 2.60. The fraction of sp³-hybridized carbons (Fsp3) is 0.154. The van der Waals surface area contributed by atoms with E-state index in [1.54, 1.807) is 20.2 Å². The monoisotopic (exact) mass is 259 g/mol. The van der Waals surface area contributed by atoms with Crippen LogP contribution in [0.4, 0.5) is 5.82 Å². The zero-order chi connectivity index (χ0) is 13.8. The lowest BCUT2D eigenvalue weighted by Gasteiger charge is -2.09. The van der Waals surface area contributed by atoms with E-state index in [2.05, 4.69) is 15.3 Å². The van der Waals surface area contributed by atoms with E-state index in [1.807, 2.05) is 18.2 Å². The number of benzene rings is 1. The SMILES string of the molecule is CNc1nc(-c2ccccc2OC)ncc1C(=O)O.